The fourth-order valence-corrected chi connectivity index (χ4v) is 4.59. The Kier molecular flexibility index (Phi) is 4.49. The number of aromatic amines is 1. The van der Waals surface area contributed by atoms with Gasteiger partial charge in [-0.1, -0.05) is 0 Å². The van der Waals surface area contributed by atoms with Crippen LogP contribution in [0.15, 0.2) is 24.4 Å². The van der Waals surface area contributed by atoms with Crippen LogP contribution in [0.4, 0.5) is 16.3 Å². The minimum atomic E-state index is -0.297. The van der Waals surface area contributed by atoms with Gasteiger partial charge < -0.3 is 20.5 Å². The molecule has 2 fully saturated rings. The fourth-order valence-electron chi connectivity index (χ4n) is 4.59. The number of fused-ring (bicyclic) bond motifs is 2. The third-order valence-electron chi connectivity index (χ3n) is 6.15. The zero-order valence-electron chi connectivity index (χ0n) is 18.1. The highest BCUT2D eigenvalue weighted by molar-refractivity contribution is 5.75. The van der Waals surface area contributed by atoms with Crippen LogP contribution in [0.25, 0.3) is 16.7 Å². The molecule has 10 heteroatoms. The van der Waals surface area contributed by atoms with Crippen LogP contribution in [0.3, 0.4) is 0 Å². The van der Waals surface area contributed by atoms with Crippen LogP contribution in [0.1, 0.15) is 44.0 Å². The van der Waals surface area contributed by atoms with Crippen LogP contribution in [0, 0.1) is 5.82 Å². The van der Waals surface area contributed by atoms with Gasteiger partial charge in [-0.05, 0) is 44.7 Å². The largest absolute Gasteiger partial charge is 0.347 e. The first-order valence-electron chi connectivity index (χ1n) is 11.2. The molecule has 6 rings (SSSR count). The van der Waals surface area contributed by atoms with E-state index in [1.807, 2.05) is 6.20 Å². The number of piperazine rings is 1. The molecule has 1 aromatic carbocycles. The summed E-state index contributed by atoms with van der Waals surface area (Å²) in [5, 5.41) is 11.5. The number of halogens is 1. The second kappa shape index (κ2) is 7.40. The second-order valence-corrected chi connectivity index (χ2v) is 9.03. The quantitative estimate of drug-likeness (QED) is 0.443. The van der Waals surface area contributed by atoms with Crippen molar-refractivity contribution < 1.29 is 4.39 Å². The summed E-state index contributed by atoms with van der Waals surface area (Å²) < 4.78 is 15.3. The van der Waals surface area contributed by atoms with Crippen LogP contribution in [-0.4, -0.2) is 54.7 Å². The average molecular weight is 436 g/mol. The van der Waals surface area contributed by atoms with Gasteiger partial charge in [-0.3, -0.25) is 0 Å². The summed E-state index contributed by atoms with van der Waals surface area (Å²) in [6, 6.07) is 5.27. The molecule has 4 aromatic rings. The lowest BCUT2D eigenvalue weighted by Crippen LogP contribution is -2.54. The molecule has 166 valence electrons. The number of aromatic nitrogens is 6. The summed E-state index contributed by atoms with van der Waals surface area (Å²) >= 11 is 0. The monoisotopic (exact) mass is 435 g/mol. The zero-order chi connectivity index (χ0) is 21.8. The van der Waals surface area contributed by atoms with Crippen molar-refractivity contribution in [1.29, 1.82) is 0 Å². The van der Waals surface area contributed by atoms with Gasteiger partial charge in [0.2, 0.25) is 11.9 Å². The first kappa shape index (κ1) is 19.4. The SMILES string of the molecule is C[C@@H]1CN(c2nc(NCc3nc4cc(F)ccc4[nH]3)n3ncc(C4CC4)c3n2)C[C@H](C)N1. The van der Waals surface area contributed by atoms with E-state index in [9.17, 15) is 4.39 Å². The average Bonchev–Trinajstić information content (AvgIpc) is 3.37. The molecule has 0 spiro atoms. The van der Waals surface area contributed by atoms with E-state index in [2.05, 4.69) is 44.4 Å². The number of anilines is 2. The number of nitrogens with one attached hydrogen (secondary N) is 3. The number of imidazole rings is 1. The lowest BCUT2D eigenvalue weighted by Gasteiger charge is -2.36. The third kappa shape index (κ3) is 3.54. The van der Waals surface area contributed by atoms with Crippen molar-refractivity contribution in [3.63, 3.8) is 0 Å². The third-order valence-corrected chi connectivity index (χ3v) is 6.15. The molecule has 0 bridgehead atoms. The number of rotatable bonds is 5. The Morgan fingerprint density at radius 2 is 1.94 bits per heavy atom. The van der Waals surface area contributed by atoms with Crippen molar-refractivity contribution in [1.82, 2.24) is 34.9 Å². The van der Waals surface area contributed by atoms with Crippen LogP contribution < -0.4 is 15.5 Å². The molecule has 1 aliphatic carbocycles. The Morgan fingerprint density at radius 3 is 2.72 bits per heavy atom. The van der Waals surface area contributed by atoms with Gasteiger partial charge in [0.1, 0.15) is 11.6 Å². The van der Waals surface area contributed by atoms with Gasteiger partial charge >= 0.3 is 0 Å². The number of hydrogen-bond acceptors (Lipinski definition) is 7. The second-order valence-electron chi connectivity index (χ2n) is 9.03. The number of H-pyrrole nitrogens is 1. The molecule has 1 saturated carbocycles. The lowest BCUT2D eigenvalue weighted by atomic mass is 10.1. The van der Waals surface area contributed by atoms with Gasteiger partial charge in [0.25, 0.3) is 0 Å². The van der Waals surface area contributed by atoms with Gasteiger partial charge in [-0.15, -0.1) is 0 Å². The molecular formula is C22H26FN9. The molecule has 3 aromatic heterocycles. The number of nitrogens with zero attached hydrogens (tertiary/aromatic N) is 6. The molecule has 1 saturated heterocycles. The van der Waals surface area contributed by atoms with E-state index in [1.54, 1.807) is 10.6 Å². The van der Waals surface area contributed by atoms with Gasteiger partial charge in [-0.2, -0.15) is 19.6 Å². The molecule has 0 amide bonds. The highest BCUT2D eigenvalue weighted by Crippen LogP contribution is 2.42. The van der Waals surface area contributed by atoms with Crippen LogP contribution in [0.2, 0.25) is 0 Å². The van der Waals surface area contributed by atoms with Gasteiger partial charge in [0.05, 0.1) is 23.8 Å². The maximum absolute atomic E-state index is 13.5. The van der Waals surface area contributed by atoms with E-state index in [-0.39, 0.29) is 5.82 Å². The normalized spacial score (nSPS) is 21.5. The fraction of sp³-hybridized carbons (Fsp3) is 0.455. The molecular weight excluding hydrogens is 409 g/mol. The van der Waals surface area contributed by atoms with Crippen molar-refractivity contribution in [2.24, 2.45) is 0 Å². The standard InChI is InChI=1S/C22H26FN9/c1-12-10-31(11-13(2)26-12)22-29-20-16(14-3-4-14)8-25-32(20)21(30-22)24-9-19-27-17-6-5-15(23)7-18(17)28-19/h5-8,12-14,26H,3-4,9-11H2,1-2H3,(H,27,28)(H,24,29,30)/t12-,13+. The maximum atomic E-state index is 13.5. The van der Waals surface area contributed by atoms with Gasteiger partial charge in [0, 0.05) is 36.8 Å². The van der Waals surface area contributed by atoms with E-state index in [0.29, 0.717) is 47.8 Å². The molecule has 2 atom stereocenters. The Hall–Kier alpha value is -3.27. The minimum Gasteiger partial charge on any atom is -0.347 e. The molecule has 4 heterocycles. The topological polar surface area (TPSA) is 99.1 Å². The van der Waals surface area contributed by atoms with E-state index < -0.39 is 0 Å². The van der Waals surface area contributed by atoms with E-state index in [4.69, 9.17) is 9.97 Å². The first-order valence-corrected chi connectivity index (χ1v) is 11.2. The van der Waals surface area contributed by atoms with Crippen LogP contribution in [-0.2, 0) is 6.54 Å². The number of hydrogen-bond donors (Lipinski definition) is 3. The van der Waals surface area contributed by atoms with Crippen molar-refractivity contribution in [2.45, 2.75) is 51.2 Å². The Morgan fingerprint density at radius 1 is 1.12 bits per heavy atom. The Labute approximate surface area is 184 Å². The zero-order valence-corrected chi connectivity index (χ0v) is 18.1. The summed E-state index contributed by atoms with van der Waals surface area (Å²) in [7, 11) is 0. The number of benzene rings is 1. The van der Waals surface area contributed by atoms with E-state index in [1.165, 1.54) is 30.5 Å². The molecule has 0 radical (unpaired) electrons. The van der Waals surface area contributed by atoms with Gasteiger partial charge in [0.15, 0.2) is 5.65 Å². The summed E-state index contributed by atoms with van der Waals surface area (Å²) in [5.41, 5.74) is 3.46. The summed E-state index contributed by atoms with van der Waals surface area (Å²) in [6.45, 7) is 6.47. The molecule has 3 N–H and O–H groups in total. The predicted molar refractivity (Wildman–Crippen MR) is 120 cm³/mol. The summed E-state index contributed by atoms with van der Waals surface area (Å²) in [6.07, 6.45) is 4.28. The van der Waals surface area contributed by atoms with Crippen LogP contribution >= 0.6 is 0 Å². The van der Waals surface area contributed by atoms with Crippen molar-refractivity contribution in [2.75, 3.05) is 23.3 Å². The first-order chi connectivity index (χ1) is 15.5. The predicted octanol–water partition coefficient (Wildman–Crippen LogP) is 2.82. The Balaban J connectivity index is 1.35. The maximum Gasteiger partial charge on any atom is 0.230 e. The summed E-state index contributed by atoms with van der Waals surface area (Å²) in [4.78, 5) is 19.7. The minimum absolute atomic E-state index is 0.297. The summed E-state index contributed by atoms with van der Waals surface area (Å²) in [5.74, 6) is 2.29. The Bertz CT molecular complexity index is 1280. The van der Waals surface area contributed by atoms with E-state index >= 15 is 0 Å². The lowest BCUT2D eigenvalue weighted by molar-refractivity contribution is 0.403. The van der Waals surface area contributed by atoms with Gasteiger partial charge in [-0.25, -0.2) is 9.37 Å². The molecule has 0 unspecified atom stereocenters. The smallest absolute Gasteiger partial charge is 0.230 e. The molecule has 32 heavy (non-hydrogen) atoms. The highest BCUT2D eigenvalue weighted by Gasteiger charge is 2.30. The molecule has 1 aliphatic heterocycles. The van der Waals surface area contributed by atoms with Crippen molar-refractivity contribution in [3.8, 4) is 0 Å². The van der Waals surface area contributed by atoms with Crippen molar-refractivity contribution >= 4 is 28.6 Å². The van der Waals surface area contributed by atoms with Crippen LogP contribution in [0.5, 0.6) is 0 Å². The molecule has 9 nitrogen and oxygen atoms in total. The van der Waals surface area contributed by atoms with Crippen molar-refractivity contribution in [3.05, 3.63) is 41.6 Å². The molecule has 2 aliphatic rings. The van der Waals surface area contributed by atoms with E-state index in [0.717, 1.165) is 24.3 Å². The highest BCUT2D eigenvalue weighted by atomic mass is 19.1.